The van der Waals surface area contributed by atoms with Gasteiger partial charge in [0.1, 0.15) is 0 Å². The maximum Gasteiger partial charge on any atom is 0.257 e. The van der Waals surface area contributed by atoms with E-state index in [-0.39, 0.29) is 5.95 Å². The zero-order valence-electron chi connectivity index (χ0n) is 10.2. The van der Waals surface area contributed by atoms with E-state index in [9.17, 15) is 0 Å². The summed E-state index contributed by atoms with van der Waals surface area (Å²) >= 11 is 6.07. The molecule has 2 heterocycles. The molecule has 0 fully saturated rings. The summed E-state index contributed by atoms with van der Waals surface area (Å²) in [6.07, 6.45) is 3.34. The number of benzene rings is 1. The van der Waals surface area contributed by atoms with E-state index < -0.39 is 0 Å². The van der Waals surface area contributed by atoms with Gasteiger partial charge in [-0.2, -0.15) is 20.1 Å². The molecule has 2 aromatic heterocycles. The molecule has 0 aliphatic rings. The highest BCUT2D eigenvalue weighted by molar-refractivity contribution is 6.33. The van der Waals surface area contributed by atoms with Crippen molar-refractivity contribution in [3.05, 3.63) is 47.7 Å². The Bertz CT molecular complexity index is 726. The highest BCUT2D eigenvalue weighted by Crippen LogP contribution is 2.23. The van der Waals surface area contributed by atoms with Crippen molar-refractivity contribution in [2.45, 2.75) is 0 Å². The first-order chi connectivity index (χ1) is 9.72. The predicted octanol–water partition coefficient (Wildman–Crippen LogP) is 2.04. The number of nitrogen functional groups attached to an aromatic ring is 1. The second-order valence-electron chi connectivity index (χ2n) is 3.87. The summed E-state index contributed by atoms with van der Waals surface area (Å²) < 4.78 is 1.50. The number of hydrogen-bond donors (Lipinski definition) is 2. The quantitative estimate of drug-likeness (QED) is 0.765. The minimum Gasteiger partial charge on any atom is -0.368 e. The molecule has 20 heavy (non-hydrogen) atoms. The molecule has 1 aromatic carbocycles. The number of hydrogen-bond acceptors (Lipinski definition) is 6. The third kappa shape index (κ3) is 2.52. The maximum absolute atomic E-state index is 6.07. The molecule has 3 N–H and O–H groups in total. The van der Waals surface area contributed by atoms with Crippen molar-refractivity contribution in [3.63, 3.8) is 0 Å². The number of halogens is 1. The fourth-order valence-corrected chi connectivity index (χ4v) is 1.79. The molecule has 0 atom stereocenters. The molecule has 0 aliphatic heterocycles. The number of nitrogens with two attached hydrogens (primary N) is 1. The molecule has 0 bridgehead atoms. The average Bonchev–Trinajstić information content (AvgIpc) is 2.95. The largest absolute Gasteiger partial charge is 0.368 e. The van der Waals surface area contributed by atoms with Gasteiger partial charge in [0.2, 0.25) is 11.9 Å². The smallest absolute Gasteiger partial charge is 0.257 e. The van der Waals surface area contributed by atoms with Crippen molar-refractivity contribution in [1.82, 2.24) is 24.7 Å². The van der Waals surface area contributed by atoms with Crippen molar-refractivity contribution in [2.24, 2.45) is 0 Å². The molecule has 0 amide bonds. The van der Waals surface area contributed by atoms with Gasteiger partial charge in [-0.1, -0.05) is 23.7 Å². The molecular weight excluding hydrogens is 278 g/mol. The third-order valence-corrected chi connectivity index (χ3v) is 2.80. The molecule has 0 spiro atoms. The molecular formula is C12H10ClN7. The fraction of sp³-hybridized carbons (Fsp3) is 0. The predicted molar refractivity (Wildman–Crippen MR) is 76.1 cm³/mol. The molecule has 3 rings (SSSR count). The van der Waals surface area contributed by atoms with Crippen LogP contribution in [0.5, 0.6) is 0 Å². The van der Waals surface area contributed by atoms with Gasteiger partial charge in [0.05, 0.1) is 10.7 Å². The summed E-state index contributed by atoms with van der Waals surface area (Å²) in [4.78, 5) is 12.3. The maximum atomic E-state index is 6.07. The zero-order chi connectivity index (χ0) is 13.9. The lowest BCUT2D eigenvalue weighted by Crippen LogP contribution is -2.09. The highest BCUT2D eigenvalue weighted by atomic mass is 35.5. The first-order valence-electron chi connectivity index (χ1n) is 5.75. The number of rotatable bonds is 3. The summed E-state index contributed by atoms with van der Waals surface area (Å²) in [5, 5.41) is 7.61. The van der Waals surface area contributed by atoms with Crippen molar-refractivity contribution in [3.8, 4) is 5.95 Å². The second-order valence-corrected chi connectivity index (χ2v) is 4.28. The van der Waals surface area contributed by atoms with Gasteiger partial charge in [-0.15, -0.1) is 0 Å². The Morgan fingerprint density at radius 3 is 2.70 bits per heavy atom. The van der Waals surface area contributed by atoms with Crippen molar-refractivity contribution in [2.75, 3.05) is 11.1 Å². The number of anilines is 3. The summed E-state index contributed by atoms with van der Waals surface area (Å²) in [5.41, 5.74) is 6.37. The van der Waals surface area contributed by atoms with Crippen LogP contribution < -0.4 is 11.1 Å². The summed E-state index contributed by atoms with van der Waals surface area (Å²) in [6.45, 7) is 0. The van der Waals surface area contributed by atoms with E-state index in [0.29, 0.717) is 22.6 Å². The molecule has 0 radical (unpaired) electrons. The summed E-state index contributed by atoms with van der Waals surface area (Å²) in [7, 11) is 0. The van der Waals surface area contributed by atoms with Gasteiger partial charge >= 0.3 is 0 Å². The zero-order valence-corrected chi connectivity index (χ0v) is 11.0. The summed E-state index contributed by atoms with van der Waals surface area (Å²) in [5.74, 6) is 0.730. The summed E-state index contributed by atoms with van der Waals surface area (Å²) in [6, 6.07) is 9.04. The van der Waals surface area contributed by atoms with E-state index in [1.807, 2.05) is 18.2 Å². The van der Waals surface area contributed by atoms with Crippen molar-refractivity contribution < 1.29 is 0 Å². The van der Waals surface area contributed by atoms with E-state index >= 15 is 0 Å². The molecule has 100 valence electrons. The van der Waals surface area contributed by atoms with Crippen molar-refractivity contribution in [1.29, 1.82) is 0 Å². The van der Waals surface area contributed by atoms with Gasteiger partial charge < -0.3 is 11.1 Å². The fourth-order valence-electron chi connectivity index (χ4n) is 1.61. The molecule has 7 nitrogen and oxygen atoms in total. The van der Waals surface area contributed by atoms with Crippen LogP contribution in [-0.2, 0) is 0 Å². The third-order valence-electron chi connectivity index (χ3n) is 2.47. The standard InChI is InChI=1S/C12H10ClN7/c13-8-4-1-2-5-9(8)16-11-17-10(14)18-12(19-11)20-7-3-6-15-20/h1-7H,(H3,14,16,17,18,19). The van der Waals surface area contributed by atoms with Gasteiger partial charge in [-0.3, -0.25) is 0 Å². The average molecular weight is 288 g/mol. The SMILES string of the molecule is Nc1nc(Nc2ccccc2Cl)nc(-n2cccn2)n1. The second kappa shape index (κ2) is 5.14. The van der Waals surface area contributed by atoms with Crippen LogP contribution in [0.4, 0.5) is 17.6 Å². The first kappa shape index (κ1) is 12.4. The van der Waals surface area contributed by atoms with E-state index in [0.717, 1.165) is 0 Å². The molecule has 0 unspecified atom stereocenters. The molecule has 0 aliphatic carbocycles. The van der Waals surface area contributed by atoms with Crippen LogP contribution in [0.2, 0.25) is 5.02 Å². The van der Waals surface area contributed by atoms with Crippen LogP contribution in [0.1, 0.15) is 0 Å². The highest BCUT2D eigenvalue weighted by Gasteiger charge is 2.08. The number of nitrogens with one attached hydrogen (secondary N) is 1. The molecule has 0 saturated carbocycles. The Kier molecular flexibility index (Phi) is 3.18. The molecule has 8 heteroatoms. The molecule has 0 saturated heterocycles. The van der Waals surface area contributed by atoms with Gasteiger partial charge in [-0.05, 0) is 18.2 Å². The number of aromatic nitrogens is 5. The van der Waals surface area contributed by atoms with Crippen LogP contribution in [0.25, 0.3) is 5.95 Å². The van der Waals surface area contributed by atoms with Gasteiger partial charge in [0, 0.05) is 12.4 Å². The lowest BCUT2D eigenvalue weighted by atomic mass is 10.3. The number of nitrogens with zero attached hydrogens (tertiary/aromatic N) is 5. The lowest BCUT2D eigenvalue weighted by Gasteiger charge is -2.08. The van der Waals surface area contributed by atoms with Gasteiger partial charge in [0.25, 0.3) is 5.95 Å². The van der Waals surface area contributed by atoms with E-state index in [1.54, 1.807) is 24.5 Å². The van der Waals surface area contributed by atoms with Crippen LogP contribution in [0.3, 0.4) is 0 Å². The van der Waals surface area contributed by atoms with Gasteiger partial charge in [0.15, 0.2) is 0 Å². The minimum atomic E-state index is 0.0973. The monoisotopic (exact) mass is 287 g/mol. The van der Waals surface area contributed by atoms with E-state index in [1.165, 1.54) is 4.68 Å². The first-order valence-corrected chi connectivity index (χ1v) is 6.13. The minimum absolute atomic E-state index is 0.0973. The van der Waals surface area contributed by atoms with Crippen LogP contribution >= 0.6 is 11.6 Å². The van der Waals surface area contributed by atoms with E-state index in [2.05, 4.69) is 25.4 Å². The Morgan fingerprint density at radius 1 is 1.10 bits per heavy atom. The Balaban J connectivity index is 1.97. The number of para-hydroxylation sites is 1. The van der Waals surface area contributed by atoms with Gasteiger partial charge in [-0.25, -0.2) is 4.68 Å². The van der Waals surface area contributed by atoms with Crippen molar-refractivity contribution >= 4 is 29.2 Å². The lowest BCUT2D eigenvalue weighted by molar-refractivity contribution is 0.801. The normalized spacial score (nSPS) is 10.4. The Hall–Kier alpha value is -2.67. The van der Waals surface area contributed by atoms with Crippen LogP contribution in [0.15, 0.2) is 42.7 Å². The van der Waals surface area contributed by atoms with Crippen LogP contribution in [0, 0.1) is 0 Å². The molecule has 3 aromatic rings. The topological polar surface area (TPSA) is 94.5 Å². The van der Waals surface area contributed by atoms with E-state index in [4.69, 9.17) is 17.3 Å². The van der Waals surface area contributed by atoms with Crippen LogP contribution in [-0.4, -0.2) is 24.7 Å². The Morgan fingerprint density at radius 2 is 1.95 bits per heavy atom. The Labute approximate surface area is 119 Å².